The van der Waals surface area contributed by atoms with Gasteiger partial charge in [0.15, 0.2) is 5.75 Å². The van der Waals surface area contributed by atoms with Gasteiger partial charge >= 0.3 is 0 Å². The molecule has 0 aromatic carbocycles. The summed E-state index contributed by atoms with van der Waals surface area (Å²) in [7, 11) is 0. The van der Waals surface area contributed by atoms with Gasteiger partial charge in [-0.1, -0.05) is 13.8 Å². The molecule has 0 radical (unpaired) electrons. The van der Waals surface area contributed by atoms with Crippen molar-refractivity contribution in [2.75, 3.05) is 0 Å². The van der Waals surface area contributed by atoms with Crippen LogP contribution in [0.2, 0.25) is 0 Å². The molecule has 2 aromatic heterocycles. The molecule has 1 N–H and O–H groups in total. The van der Waals surface area contributed by atoms with Crippen LogP contribution in [-0.4, -0.2) is 15.1 Å². The first-order valence-electron chi connectivity index (χ1n) is 6.91. The minimum atomic E-state index is -0.0152. The zero-order chi connectivity index (χ0) is 14.5. The molecule has 4 heteroatoms. The molecular weight excluding hydrogens is 252 g/mol. The Morgan fingerprint density at radius 3 is 2.55 bits per heavy atom. The summed E-state index contributed by atoms with van der Waals surface area (Å²) >= 11 is 0. The maximum atomic E-state index is 9.29. The molecule has 4 nitrogen and oxygen atoms in total. The molecule has 106 valence electrons. The molecule has 0 unspecified atom stereocenters. The molecule has 2 heterocycles. The van der Waals surface area contributed by atoms with Crippen LogP contribution >= 0.6 is 0 Å². The van der Waals surface area contributed by atoms with E-state index in [0.717, 1.165) is 41.2 Å². The van der Waals surface area contributed by atoms with Crippen LogP contribution in [0.5, 0.6) is 11.6 Å². The van der Waals surface area contributed by atoms with E-state index in [2.05, 4.69) is 9.97 Å². The highest BCUT2D eigenvalue weighted by Crippen LogP contribution is 2.25. The lowest BCUT2D eigenvalue weighted by atomic mass is 10.2. The maximum absolute atomic E-state index is 9.29. The molecule has 0 bridgehead atoms. The molecule has 20 heavy (non-hydrogen) atoms. The zero-order valence-corrected chi connectivity index (χ0v) is 12.2. The van der Waals surface area contributed by atoms with Crippen molar-refractivity contribution in [1.82, 2.24) is 9.97 Å². The van der Waals surface area contributed by atoms with Gasteiger partial charge in [-0.05, 0) is 43.5 Å². The summed E-state index contributed by atoms with van der Waals surface area (Å²) in [5, 5.41) is 9.29. The van der Waals surface area contributed by atoms with Gasteiger partial charge in [-0.3, -0.25) is 4.98 Å². The van der Waals surface area contributed by atoms with Crippen molar-refractivity contribution < 1.29 is 9.84 Å². The van der Waals surface area contributed by atoms with Crippen molar-refractivity contribution in [2.24, 2.45) is 0 Å². The minimum absolute atomic E-state index is 0.0152. The SMILES string of the molecule is CCc1cc(CO)cc(Oc2ccc(C)nc2CC)n1. The van der Waals surface area contributed by atoms with Crippen molar-refractivity contribution in [1.29, 1.82) is 0 Å². The minimum Gasteiger partial charge on any atom is -0.437 e. The van der Waals surface area contributed by atoms with Crippen LogP contribution in [0, 0.1) is 6.92 Å². The zero-order valence-electron chi connectivity index (χ0n) is 12.2. The molecule has 0 aliphatic rings. The van der Waals surface area contributed by atoms with E-state index >= 15 is 0 Å². The fraction of sp³-hybridized carbons (Fsp3) is 0.375. The molecule has 0 aliphatic heterocycles. The highest BCUT2D eigenvalue weighted by molar-refractivity contribution is 5.34. The lowest BCUT2D eigenvalue weighted by Gasteiger charge is -2.11. The van der Waals surface area contributed by atoms with Gasteiger partial charge in [-0.15, -0.1) is 0 Å². The van der Waals surface area contributed by atoms with Crippen molar-refractivity contribution in [2.45, 2.75) is 40.2 Å². The third kappa shape index (κ3) is 3.33. The Kier molecular flexibility index (Phi) is 4.69. The Morgan fingerprint density at radius 2 is 1.90 bits per heavy atom. The Morgan fingerprint density at radius 1 is 1.10 bits per heavy atom. The van der Waals surface area contributed by atoms with Crippen molar-refractivity contribution >= 4 is 0 Å². The van der Waals surface area contributed by atoms with Crippen molar-refractivity contribution in [3.8, 4) is 11.6 Å². The van der Waals surface area contributed by atoms with Crippen LogP contribution < -0.4 is 4.74 Å². The molecular formula is C16H20N2O2. The quantitative estimate of drug-likeness (QED) is 0.908. The number of aryl methyl sites for hydroxylation is 3. The lowest BCUT2D eigenvalue weighted by molar-refractivity contribution is 0.280. The molecule has 0 saturated heterocycles. The first-order chi connectivity index (χ1) is 9.66. The summed E-state index contributed by atoms with van der Waals surface area (Å²) in [6.45, 7) is 6.02. The topological polar surface area (TPSA) is 55.2 Å². The smallest absolute Gasteiger partial charge is 0.219 e. The Bertz CT molecular complexity index is 575. The van der Waals surface area contributed by atoms with Crippen LogP contribution in [0.25, 0.3) is 0 Å². The highest BCUT2D eigenvalue weighted by Gasteiger charge is 2.08. The van der Waals surface area contributed by atoms with Gasteiger partial charge in [0.2, 0.25) is 5.88 Å². The summed E-state index contributed by atoms with van der Waals surface area (Å²) in [4.78, 5) is 8.90. The second-order valence-electron chi connectivity index (χ2n) is 4.67. The van der Waals surface area contributed by atoms with Gasteiger partial charge < -0.3 is 9.84 Å². The van der Waals surface area contributed by atoms with Gasteiger partial charge in [0.05, 0.1) is 12.3 Å². The predicted octanol–water partition coefficient (Wildman–Crippen LogP) is 3.19. The fourth-order valence-corrected chi connectivity index (χ4v) is 2.00. The summed E-state index contributed by atoms with van der Waals surface area (Å²) in [6.07, 6.45) is 1.61. The molecule has 2 rings (SSSR count). The number of nitrogens with zero attached hydrogens (tertiary/aromatic N) is 2. The van der Waals surface area contributed by atoms with Gasteiger partial charge in [-0.2, -0.15) is 0 Å². The Hall–Kier alpha value is -1.94. The van der Waals surface area contributed by atoms with E-state index in [1.54, 1.807) is 6.07 Å². The van der Waals surface area contributed by atoms with E-state index in [4.69, 9.17) is 4.74 Å². The summed E-state index contributed by atoms with van der Waals surface area (Å²) in [6, 6.07) is 7.49. The largest absolute Gasteiger partial charge is 0.437 e. The van der Waals surface area contributed by atoms with E-state index < -0.39 is 0 Å². The molecule has 0 aliphatic carbocycles. The first-order valence-corrected chi connectivity index (χ1v) is 6.91. The Balaban J connectivity index is 2.34. The standard InChI is InChI=1S/C16H20N2O2/c1-4-13-8-12(10-19)9-16(18-13)20-15-7-6-11(3)17-14(15)5-2/h6-9,19H,4-5,10H2,1-3H3. The van der Waals surface area contributed by atoms with Gasteiger partial charge in [-0.25, -0.2) is 4.98 Å². The summed E-state index contributed by atoms with van der Waals surface area (Å²) < 4.78 is 5.86. The molecule has 0 atom stereocenters. The third-order valence-electron chi connectivity index (χ3n) is 3.08. The average Bonchev–Trinajstić information content (AvgIpc) is 2.48. The van der Waals surface area contributed by atoms with E-state index in [9.17, 15) is 5.11 Å². The van der Waals surface area contributed by atoms with Gasteiger partial charge in [0, 0.05) is 17.5 Å². The number of rotatable bonds is 5. The second-order valence-corrected chi connectivity index (χ2v) is 4.67. The van der Waals surface area contributed by atoms with Gasteiger partial charge in [0.25, 0.3) is 0 Å². The second kappa shape index (κ2) is 6.48. The van der Waals surface area contributed by atoms with E-state index in [1.807, 2.05) is 39.0 Å². The van der Waals surface area contributed by atoms with Crippen LogP contribution in [0.3, 0.4) is 0 Å². The third-order valence-corrected chi connectivity index (χ3v) is 3.08. The molecule has 2 aromatic rings. The van der Waals surface area contributed by atoms with E-state index in [0.29, 0.717) is 5.88 Å². The maximum Gasteiger partial charge on any atom is 0.219 e. The van der Waals surface area contributed by atoms with E-state index in [1.165, 1.54) is 0 Å². The van der Waals surface area contributed by atoms with Crippen molar-refractivity contribution in [3.63, 3.8) is 0 Å². The normalized spacial score (nSPS) is 10.6. The number of pyridine rings is 2. The summed E-state index contributed by atoms with van der Waals surface area (Å²) in [5.74, 6) is 1.23. The predicted molar refractivity (Wildman–Crippen MR) is 78.0 cm³/mol. The highest BCUT2D eigenvalue weighted by atomic mass is 16.5. The lowest BCUT2D eigenvalue weighted by Crippen LogP contribution is -1.99. The first kappa shape index (κ1) is 14.5. The molecule has 0 fully saturated rings. The van der Waals surface area contributed by atoms with Crippen LogP contribution in [0.4, 0.5) is 0 Å². The van der Waals surface area contributed by atoms with Crippen molar-refractivity contribution in [3.05, 3.63) is 46.9 Å². The number of hydrogen-bond donors (Lipinski definition) is 1. The Labute approximate surface area is 119 Å². The average molecular weight is 272 g/mol. The number of aliphatic hydroxyl groups excluding tert-OH is 1. The number of ether oxygens (including phenoxy) is 1. The van der Waals surface area contributed by atoms with Gasteiger partial charge in [0.1, 0.15) is 0 Å². The van der Waals surface area contributed by atoms with E-state index in [-0.39, 0.29) is 6.61 Å². The molecule has 0 saturated carbocycles. The monoisotopic (exact) mass is 272 g/mol. The number of aliphatic hydroxyl groups is 1. The number of hydrogen-bond acceptors (Lipinski definition) is 4. The molecule has 0 spiro atoms. The number of aromatic nitrogens is 2. The fourth-order valence-electron chi connectivity index (χ4n) is 2.00. The van der Waals surface area contributed by atoms with Crippen LogP contribution in [-0.2, 0) is 19.4 Å². The van der Waals surface area contributed by atoms with Crippen LogP contribution in [0.15, 0.2) is 24.3 Å². The van der Waals surface area contributed by atoms with Crippen LogP contribution in [0.1, 0.15) is 36.5 Å². The molecule has 0 amide bonds. The summed E-state index contributed by atoms with van der Waals surface area (Å²) in [5.41, 5.74) is 3.61.